The lowest BCUT2D eigenvalue weighted by molar-refractivity contribution is -0.124. The Bertz CT molecular complexity index is 284. The van der Waals surface area contributed by atoms with Crippen LogP contribution in [0.3, 0.4) is 0 Å². The summed E-state index contributed by atoms with van der Waals surface area (Å²) in [6, 6.07) is 0. The summed E-state index contributed by atoms with van der Waals surface area (Å²) in [5, 5.41) is 9.75. The summed E-state index contributed by atoms with van der Waals surface area (Å²) in [6.07, 6.45) is 6.05. The summed E-state index contributed by atoms with van der Waals surface area (Å²) >= 11 is 0. The average Bonchev–Trinajstić information content (AvgIpc) is 2.24. The van der Waals surface area contributed by atoms with Gasteiger partial charge in [0.1, 0.15) is 5.76 Å². The van der Waals surface area contributed by atoms with Gasteiger partial charge in [-0.2, -0.15) is 0 Å². The summed E-state index contributed by atoms with van der Waals surface area (Å²) in [7, 11) is 0. The molecular formula is C13H20O3. The van der Waals surface area contributed by atoms with Gasteiger partial charge in [-0.25, -0.2) is 0 Å². The second-order valence-corrected chi connectivity index (χ2v) is 4.33. The Morgan fingerprint density at radius 2 is 1.75 bits per heavy atom. The summed E-state index contributed by atoms with van der Waals surface area (Å²) in [6.45, 7) is 2.12. The lowest BCUT2D eigenvalue weighted by atomic mass is 9.90. The normalized spacial score (nSPS) is 16.7. The highest BCUT2D eigenvalue weighted by Crippen LogP contribution is 2.21. The summed E-state index contributed by atoms with van der Waals surface area (Å²) in [5.41, 5.74) is 0.0859. The van der Waals surface area contributed by atoms with Crippen LogP contribution in [0, 0.1) is 0 Å². The quantitative estimate of drug-likeness (QED) is 0.338. The Morgan fingerprint density at radius 3 is 2.31 bits per heavy atom. The second-order valence-electron chi connectivity index (χ2n) is 4.33. The molecule has 0 aliphatic heterocycles. The first kappa shape index (κ1) is 12.9. The van der Waals surface area contributed by atoms with E-state index >= 15 is 0 Å². The number of allylic oxidation sites excluding steroid dienone is 2. The largest absolute Gasteiger partial charge is 0.511 e. The van der Waals surface area contributed by atoms with Crippen molar-refractivity contribution in [1.29, 1.82) is 0 Å². The number of carbonyl (C=O) groups is 2. The van der Waals surface area contributed by atoms with E-state index in [9.17, 15) is 14.7 Å². The molecule has 0 spiro atoms. The van der Waals surface area contributed by atoms with E-state index in [1.54, 1.807) is 0 Å². The molecule has 1 N–H and O–H groups in total. The fourth-order valence-electron chi connectivity index (χ4n) is 1.98. The van der Waals surface area contributed by atoms with Gasteiger partial charge in [-0.1, -0.05) is 26.2 Å². The van der Waals surface area contributed by atoms with E-state index in [4.69, 9.17) is 0 Å². The maximum Gasteiger partial charge on any atom is 0.169 e. The molecule has 1 aliphatic rings. The Balaban J connectivity index is 2.55. The van der Waals surface area contributed by atoms with Crippen LogP contribution < -0.4 is 0 Å². The molecule has 16 heavy (non-hydrogen) atoms. The second kappa shape index (κ2) is 6.46. The minimum absolute atomic E-state index is 0.0193. The first-order valence-electron chi connectivity index (χ1n) is 6.15. The highest BCUT2D eigenvalue weighted by molar-refractivity contribution is 6.21. The molecule has 3 nitrogen and oxygen atoms in total. The average molecular weight is 224 g/mol. The van der Waals surface area contributed by atoms with Crippen molar-refractivity contribution in [3.05, 3.63) is 11.3 Å². The van der Waals surface area contributed by atoms with Crippen molar-refractivity contribution in [2.75, 3.05) is 0 Å². The number of ketones is 2. The van der Waals surface area contributed by atoms with Crippen LogP contribution in [0.15, 0.2) is 11.3 Å². The molecule has 3 heteroatoms. The van der Waals surface area contributed by atoms with E-state index in [0.717, 1.165) is 25.7 Å². The number of hydrogen-bond donors (Lipinski definition) is 1. The maximum atomic E-state index is 11.5. The number of unbranched alkanes of at least 4 members (excludes halogenated alkanes) is 3. The van der Waals surface area contributed by atoms with E-state index in [1.807, 2.05) is 0 Å². The maximum absolute atomic E-state index is 11.5. The number of hydrogen-bond acceptors (Lipinski definition) is 3. The SMILES string of the molecule is CCCCCCC(O)=C1C(=O)CCCC1=O. The van der Waals surface area contributed by atoms with Crippen molar-refractivity contribution in [2.45, 2.75) is 58.3 Å². The fourth-order valence-corrected chi connectivity index (χ4v) is 1.98. The minimum Gasteiger partial charge on any atom is -0.511 e. The topological polar surface area (TPSA) is 54.4 Å². The number of aliphatic hydroxyl groups excluding tert-OH is 1. The van der Waals surface area contributed by atoms with E-state index in [1.165, 1.54) is 0 Å². The summed E-state index contributed by atoms with van der Waals surface area (Å²) in [4.78, 5) is 23.0. The van der Waals surface area contributed by atoms with Crippen molar-refractivity contribution in [3.63, 3.8) is 0 Å². The molecule has 0 unspecified atom stereocenters. The van der Waals surface area contributed by atoms with Gasteiger partial charge >= 0.3 is 0 Å². The molecule has 0 aromatic carbocycles. The van der Waals surface area contributed by atoms with Gasteiger partial charge in [0.25, 0.3) is 0 Å². The first-order chi connectivity index (χ1) is 7.66. The van der Waals surface area contributed by atoms with Gasteiger partial charge in [0, 0.05) is 19.3 Å². The highest BCUT2D eigenvalue weighted by Gasteiger charge is 2.26. The predicted octanol–water partition coefficient (Wildman–Crippen LogP) is 3.09. The first-order valence-corrected chi connectivity index (χ1v) is 6.15. The lowest BCUT2D eigenvalue weighted by Crippen LogP contribution is -2.20. The predicted molar refractivity (Wildman–Crippen MR) is 62.3 cm³/mol. The molecule has 0 amide bonds. The van der Waals surface area contributed by atoms with Crippen molar-refractivity contribution in [3.8, 4) is 0 Å². The Labute approximate surface area is 96.5 Å². The molecule has 1 rings (SSSR count). The van der Waals surface area contributed by atoms with Gasteiger partial charge in [-0.3, -0.25) is 9.59 Å². The third-order valence-corrected chi connectivity index (χ3v) is 2.92. The molecule has 0 aromatic heterocycles. The molecule has 0 heterocycles. The van der Waals surface area contributed by atoms with E-state index in [0.29, 0.717) is 25.7 Å². The fraction of sp³-hybridized carbons (Fsp3) is 0.692. The van der Waals surface area contributed by atoms with Crippen LogP contribution in [0.2, 0.25) is 0 Å². The van der Waals surface area contributed by atoms with Crippen molar-refractivity contribution >= 4 is 11.6 Å². The van der Waals surface area contributed by atoms with Crippen molar-refractivity contribution in [2.24, 2.45) is 0 Å². The molecule has 1 saturated carbocycles. The molecule has 1 aliphatic carbocycles. The summed E-state index contributed by atoms with van der Waals surface area (Å²) < 4.78 is 0. The van der Waals surface area contributed by atoms with E-state index < -0.39 is 0 Å². The van der Waals surface area contributed by atoms with Gasteiger partial charge in [-0.15, -0.1) is 0 Å². The van der Waals surface area contributed by atoms with Crippen LogP contribution in [-0.2, 0) is 9.59 Å². The smallest absolute Gasteiger partial charge is 0.169 e. The zero-order chi connectivity index (χ0) is 12.0. The molecule has 0 aromatic rings. The van der Waals surface area contributed by atoms with Gasteiger partial charge in [0.15, 0.2) is 11.6 Å². The van der Waals surface area contributed by atoms with Gasteiger partial charge < -0.3 is 5.11 Å². The number of Topliss-reactive ketones (excluding diaryl/α,β-unsaturated/α-hetero) is 2. The molecule has 90 valence electrons. The monoisotopic (exact) mass is 224 g/mol. The van der Waals surface area contributed by atoms with Gasteiger partial charge in [0.05, 0.1) is 5.57 Å². The zero-order valence-electron chi connectivity index (χ0n) is 9.92. The Kier molecular flexibility index (Phi) is 5.23. The number of carbonyl (C=O) groups excluding carboxylic acids is 2. The molecule has 0 bridgehead atoms. The van der Waals surface area contributed by atoms with Crippen LogP contribution in [-0.4, -0.2) is 16.7 Å². The standard InChI is InChI=1S/C13H20O3/c1-2-3-4-5-7-10(14)13-11(15)8-6-9-12(13)16/h14H,2-9H2,1H3. The van der Waals surface area contributed by atoms with Crippen molar-refractivity contribution < 1.29 is 14.7 Å². The van der Waals surface area contributed by atoms with Crippen LogP contribution in [0.1, 0.15) is 58.3 Å². The zero-order valence-corrected chi connectivity index (χ0v) is 9.92. The van der Waals surface area contributed by atoms with Crippen LogP contribution in [0.5, 0.6) is 0 Å². The molecule has 0 radical (unpaired) electrons. The summed E-state index contributed by atoms with van der Waals surface area (Å²) in [5.74, 6) is -0.334. The minimum atomic E-state index is -0.177. The van der Waals surface area contributed by atoms with Gasteiger partial charge in [0.2, 0.25) is 0 Å². The van der Waals surface area contributed by atoms with Crippen molar-refractivity contribution in [1.82, 2.24) is 0 Å². The highest BCUT2D eigenvalue weighted by atomic mass is 16.3. The molecule has 0 saturated heterocycles. The Morgan fingerprint density at radius 1 is 1.12 bits per heavy atom. The number of aliphatic hydroxyl groups is 1. The molecular weight excluding hydrogens is 204 g/mol. The van der Waals surface area contributed by atoms with Gasteiger partial charge in [-0.05, 0) is 12.8 Å². The Hall–Kier alpha value is -1.12. The van der Waals surface area contributed by atoms with E-state index in [-0.39, 0.29) is 22.9 Å². The van der Waals surface area contributed by atoms with Crippen LogP contribution in [0.25, 0.3) is 0 Å². The third-order valence-electron chi connectivity index (χ3n) is 2.92. The number of rotatable bonds is 5. The third kappa shape index (κ3) is 3.47. The van der Waals surface area contributed by atoms with Crippen LogP contribution >= 0.6 is 0 Å². The van der Waals surface area contributed by atoms with E-state index in [2.05, 4.69) is 6.92 Å². The molecule has 0 atom stereocenters. The molecule has 1 fully saturated rings. The van der Waals surface area contributed by atoms with Crippen LogP contribution in [0.4, 0.5) is 0 Å². The lowest BCUT2D eigenvalue weighted by Gasteiger charge is -2.13.